The van der Waals surface area contributed by atoms with E-state index in [9.17, 15) is 4.79 Å². The van der Waals surface area contributed by atoms with E-state index in [-0.39, 0.29) is 5.97 Å². The number of methoxy groups -OCH3 is 1. The molecule has 1 heterocycles. The number of hydrogen-bond acceptors (Lipinski definition) is 4. The van der Waals surface area contributed by atoms with E-state index < -0.39 is 5.54 Å². The zero-order valence-electron chi connectivity index (χ0n) is 14.3. The van der Waals surface area contributed by atoms with Crippen LogP contribution in [-0.2, 0) is 9.53 Å². The minimum atomic E-state index is -0.485. The predicted molar refractivity (Wildman–Crippen MR) is 85.2 cm³/mol. The van der Waals surface area contributed by atoms with E-state index in [0.717, 1.165) is 31.1 Å². The highest BCUT2D eigenvalue weighted by Gasteiger charge is 2.46. The molecule has 0 aromatic heterocycles. The fourth-order valence-corrected chi connectivity index (χ4v) is 4.15. The molecule has 4 heteroatoms. The molecule has 21 heavy (non-hydrogen) atoms. The summed E-state index contributed by atoms with van der Waals surface area (Å²) in [5.74, 6) is 1.44. The molecule has 2 fully saturated rings. The Morgan fingerprint density at radius 1 is 1.29 bits per heavy atom. The van der Waals surface area contributed by atoms with Crippen LogP contribution >= 0.6 is 0 Å². The first kappa shape index (κ1) is 16.8. The molecule has 0 amide bonds. The third kappa shape index (κ3) is 3.59. The van der Waals surface area contributed by atoms with Gasteiger partial charge in [0.15, 0.2) is 0 Å². The molecule has 0 spiro atoms. The predicted octanol–water partition coefficient (Wildman–Crippen LogP) is 2.43. The molecule has 122 valence electrons. The largest absolute Gasteiger partial charge is 0.468 e. The second kappa shape index (κ2) is 6.66. The Morgan fingerprint density at radius 3 is 2.43 bits per heavy atom. The first-order chi connectivity index (χ1) is 9.88. The second-order valence-electron chi connectivity index (χ2n) is 7.53. The molecule has 0 aromatic rings. The highest BCUT2D eigenvalue weighted by Crippen LogP contribution is 2.36. The van der Waals surface area contributed by atoms with E-state index in [4.69, 9.17) is 4.74 Å². The van der Waals surface area contributed by atoms with Gasteiger partial charge in [0.25, 0.3) is 0 Å². The summed E-state index contributed by atoms with van der Waals surface area (Å²) in [5, 5.41) is 3.52. The summed E-state index contributed by atoms with van der Waals surface area (Å²) in [5.41, 5.74) is -0.485. The number of nitrogens with zero attached hydrogens (tertiary/aromatic N) is 1. The maximum Gasteiger partial charge on any atom is 0.326 e. The van der Waals surface area contributed by atoms with E-state index >= 15 is 0 Å². The minimum Gasteiger partial charge on any atom is -0.468 e. The monoisotopic (exact) mass is 296 g/mol. The molecule has 0 bridgehead atoms. The molecule has 4 nitrogen and oxygen atoms in total. The molecule has 2 rings (SSSR count). The molecule has 0 aromatic carbocycles. The SMILES string of the molecule is COC(=O)C1(NC(C)C)CCCC(N2CC(C)C(C)C2)C1. The molecule has 1 aliphatic carbocycles. The summed E-state index contributed by atoms with van der Waals surface area (Å²) >= 11 is 0. The third-order valence-electron chi connectivity index (χ3n) is 5.40. The van der Waals surface area contributed by atoms with Crippen LogP contribution in [0.3, 0.4) is 0 Å². The third-order valence-corrected chi connectivity index (χ3v) is 5.40. The average molecular weight is 296 g/mol. The number of esters is 1. The van der Waals surface area contributed by atoms with E-state index in [1.807, 2.05) is 0 Å². The lowest BCUT2D eigenvalue weighted by molar-refractivity contribution is -0.151. The summed E-state index contributed by atoms with van der Waals surface area (Å²) in [4.78, 5) is 15.0. The summed E-state index contributed by atoms with van der Waals surface area (Å²) in [6, 6.07) is 0.802. The van der Waals surface area contributed by atoms with Crippen molar-refractivity contribution in [2.45, 2.75) is 71.0 Å². The molecular weight excluding hydrogens is 264 g/mol. The molecule has 1 aliphatic heterocycles. The number of hydrogen-bond donors (Lipinski definition) is 1. The maximum absolute atomic E-state index is 12.4. The van der Waals surface area contributed by atoms with Crippen LogP contribution in [0.25, 0.3) is 0 Å². The van der Waals surface area contributed by atoms with Gasteiger partial charge in [-0.25, -0.2) is 0 Å². The van der Waals surface area contributed by atoms with Crippen LogP contribution in [0, 0.1) is 11.8 Å². The van der Waals surface area contributed by atoms with Crippen molar-refractivity contribution in [2.75, 3.05) is 20.2 Å². The van der Waals surface area contributed by atoms with Gasteiger partial charge in [0.2, 0.25) is 0 Å². The van der Waals surface area contributed by atoms with Crippen molar-refractivity contribution in [1.29, 1.82) is 0 Å². The topological polar surface area (TPSA) is 41.6 Å². The van der Waals surface area contributed by atoms with E-state index in [0.29, 0.717) is 12.1 Å². The van der Waals surface area contributed by atoms with Crippen LogP contribution in [-0.4, -0.2) is 48.7 Å². The smallest absolute Gasteiger partial charge is 0.326 e. The number of carbonyl (C=O) groups excluding carboxylic acids is 1. The summed E-state index contributed by atoms with van der Waals surface area (Å²) in [7, 11) is 1.51. The average Bonchev–Trinajstić information content (AvgIpc) is 2.77. The second-order valence-corrected chi connectivity index (χ2v) is 7.53. The zero-order valence-corrected chi connectivity index (χ0v) is 14.3. The van der Waals surface area contributed by atoms with Crippen LogP contribution in [0.4, 0.5) is 0 Å². The zero-order chi connectivity index (χ0) is 15.6. The van der Waals surface area contributed by atoms with Crippen LogP contribution in [0.2, 0.25) is 0 Å². The maximum atomic E-state index is 12.4. The Balaban J connectivity index is 2.11. The van der Waals surface area contributed by atoms with Crippen molar-refractivity contribution in [3.05, 3.63) is 0 Å². The fourth-order valence-electron chi connectivity index (χ4n) is 4.15. The highest BCUT2D eigenvalue weighted by molar-refractivity contribution is 5.81. The van der Waals surface area contributed by atoms with Crippen molar-refractivity contribution >= 4 is 5.97 Å². The van der Waals surface area contributed by atoms with Gasteiger partial charge < -0.3 is 4.74 Å². The van der Waals surface area contributed by atoms with Crippen molar-refractivity contribution in [1.82, 2.24) is 10.2 Å². The fraction of sp³-hybridized carbons (Fsp3) is 0.941. The van der Waals surface area contributed by atoms with E-state index in [2.05, 4.69) is 37.9 Å². The van der Waals surface area contributed by atoms with Crippen molar-refractivity contribution in [2.24, 2.45) is 11.8 Å². The van der Waals surface area contributed by atoms with Gasteiger partial charge in [-0.15, -0.1) is 0 Å². The number of likely N-dealkylation sites (tertiary alicyclic amines) is 1. The normalized spacial score (nSPS) is 37.9. The lowest BCUT2D eigenvalue weighted by Crippen LogP contribution is -2.60. The van der Waals surface area contributed by atoms with Crippen LogP contribution in [0.1, 0.15) is 53.4 Å². The van der Waals surface area contributed by atoms with Crippen LogP contribution < -0.4 is 5.32 Å². The standard InChI is InChI=1S/C17H32N2O2/c1-12(2)18-17(16(20)21-5)8-6-7-15(9-17)19-10-13(3)14(4)11-19/h12-15,18H,6-11H2,1-5H3. The molecule has 1 saturated carbocycles. The Hall–Kier alpha value is -0.610. The van der Waals surface area contributed by atoms with Crippen molar-refractivity contribution in [3.8, 4) is 0 Å². The Kier molecular flexibility index (Phi) is 5.31. The van der Waals surface area contributed by atoms with Gasteiger partial charge in [0.05, 0.1) is 7.11 Å². The molecule has 1 N–H and O–H groups in total. The summed E-state index contributed by atoms with van der Waals surface area (Å²) in [6.07, 6.45) is 4.08. The van der Waals surface area contributed by atoms with Gasteiger partial charge in [0, 0.05) is 25.2 Å². The highest BCUT2D eigenvalue weighted by atomic mass is 16.5. The van der Waals surface area contributed by atoms with Gasteiger partial charge in [-0.1, -0.05) is 13.8 Å². The first-order valence-electron chi connectivity index (χ1n) is 8.48. The van der Waals surface area contributed by atoms with Gasteiger partial charge >= 0.3 is 5.97 Å². The molecule has 2 aliphatic rings. The summed E-state index contributed by atoms with van der Waals surface area (Å²) < 4.78 is 5.13. The Labute approximate surface area is 129 Å². The van der Waals surface area contributed by atoms with Crippen molar-refractivity contribution in [3.63, 3.8) is 0 Å². The summed E-state index contributed by atoms with van der Waals surface area (Å²) in [6.45, 7) is 11.2. The number of rotatable bonds is 4. The number of ether oxygens (including phenoxy) is 1. The van der Waals surface area contributed by atoms with Gasteiger partial charge in [-0.3, -0.25) is 15.0 Å². The van der Waals surface area contributed by atoms with E-state index in [1.165, 1.54) is 26.6 Å². The Morgan fingerprint density at radius 2 is 1.90 bits per heavy atom. The van der Waals surface area contributed by atoms with Crippen LogP contribution in [0.15, 0.2) is 0 Å². The van der Waals surface area contributed by atoms with Crippen LogP contribution in [0.5, 0.6) is 0 Å². The van der Waals surface area contributed by atoms with Gasteiger partial charge in [-0.2, -0.15) is 0 Å². The lowest BCUT2D eigenvalue weighted by atomic mass is 9.78. The first-order valence-corrected chi connectivity index (χ1v) is 8.48. The molecule has 4 atom stereocenters. The number of nitrogens with one attached hydrogen (secondary N) is 1. The molecule has 0 radical (unpaired) electrons. The molecule has 1 saturated heterocycles. The molecule has 4 unspecified atom stereocenters. The number of carbonyl (C=O) groups is 1. The molecular formula is C17H32N2O2. The van der Waals surface area contributed by atoms with Crippen molar-refractivity contribution < 1.29 is 9.53 Å². The van der Waals surface area contributed by atoms with E-state index in [1.54, 1.807) is 0 Å². The quantitative estimate of drug-likeness (QED) is 0.809. The minimum absolute atomic E-state index is 0.0822. The van der Waals surface area contributed by atoms with Gasteiger partial charge in [-0.05, 0) is 51.4 Å². The lowest BCUT2D eigenvalue weighted by Gasteiger charge is -2.43. The Bertz CT molecular complexity index is 362. The van der Waals surface area contributed by atoms with Gasteiger partial charge in [0.1, 0.15) is 5.54 Å².